The number of ether oxygens (including phenoxy) is 2. The Morgan fingerprint density at radius 1 is 0.562 bits per heavy atom. The molecule has 0 fully saturated rings. The maximum absolute atomic E-state index is 12.0. The summed E-state index contributed by atoms with van der Waals surface area (Å²) in [5.74, 6) is 0.0789. The first-order valence-electron chi connectivity index (χ1n) is 19.7. The van der Waals surface area contributed by atoms with E-state index in [1.165, 1.54) is 89.9 Å². The molecule has 0 bridgehead atoms. The molecule has 0 unspecified atom stereocenters. The molecule has 278 valence electrons. The molecular formula is C42H74O6. The van der Waals surface area contributed by atoms with Gasteiger partial charge >= 0.3 is 11.9 Å². The van der Waals surface area contributed by atoms with E-state index in [1.807, 2.05) is 18.2 Å². The highest BCUT2D eigenvalue weighted by molar-refractivity contribution is 5.69. The van der Waals surface area contributed by atoms with Crippen LogP contribution in [0.15, 0.2) is 48.6 Å². The molecule has 2 atom stereocenters. The molecule has 0 aliphatic carbocycles. The van der Waals surface area contributed by atoms with Crippen molar-refractivity contribution >= 4 is 11.9 Å². The average molecular weight is 675 g/mol. The molecular weight excluding hydrogens is 600 g/mol. The fourth-order valence-electron chi connectivity index (χ4n) is 5.31. The Bertz CT molecular complexity index is 843. The molecule has 6 heteroatoms. The van der Waals surface area contributed by atoms with Gasteiger partial charge < -0.3 is 19.7 Å². The highest BCUT2D eigenvalue weighted by Gasteiger charge is 2.12. The third-order valence-corrected chi connectivity index (χ3v) is 8.35. The number of carbonyl (C=O) groups excluding carboxylic acids is 2. The number of esters is 2. The zero-order valence-corrected chi connectivity index (χ0v) is 31.3. The monoisotopic (exact) mass is 675 g/mol. The van der Waals surface area contributed by atoms with Gasteiger partial charge in [0.15, 0.2) is 0 Å². The van der Waals surface area contributed by atoms with E-state index < -0.39 is 18.2 Å². The Morgan fingerprint density at radius 2 is 1.06 bits per heavy atom. The Kier molecular flexibility index (Phi) is 34.5. The van der Waals surface area contributed by atoms with Crippen LogP contribution in [0.1, 0.15) is 175 Å². The third-order valence-electron chi connectivity index (χ3n) is 8.35. The lowest BCUT2D eigenvalue weighted by Crippen LogP contribution is -2.25. The summed E-state index contributed by atoms with van der Waals surface area (Å²) in [5, 5.41) is 20.1. The largest absolute Gasteiger partial charge is 0.463 e. The standard InChI is InChI=1S/C42H74O6/c1-4-5-6-7-8-9-10-12-16-19-22-25-28-32-39(43)33-30-35-42(46)48-37-40(44)36-47-41(45)34-29-26-23-20-17-14-11-13-15-18-21-24-27-31-38(2)3/h8-9,12,16,22,25,28,32,38-40,43-44H,4-7,10-11,13-15,17-21,23-24,26-27,29-31,33-37H2,1-3H3/b9-8-,16-12-,25-22-,32-28+/t39-,40+/m1/s1. The predicted molar refractivity (Wildman–Crippen MR) is 202 cm³/mol. The van der Waals surface area contributed by atoms with Gasteiger partial charge in [0, 0.05) is 12.8 Å². The summed E-state index contributed by atoms with van der Waals surface area (Å²) in [6.07, 6.45) is 40.6. The third kappa shape index (κ3) is 36.7. The van der Waals surface area contributed by atoms with Crippen molar-refractivity contribution in [2.75, 3.05) is 13.2 Å². The number of aliphatic hydroxyl groups excluding tert-OH is 2. The molecule has 0 aliphatic rings. The van der Waals surface area contributed by atoms with Crippen LogP contribution >= 0.6 is 0 Å². The molecule has 0 heterocycles. The summed E-state index contributed by atoms with van der Waals surface area (Å²) in [6, 6.07) is 0. The summed E-state index contributed by atoms with van der Waals surface area (Å²) in [6.45, 7) is 6.45. The van der Waals surface area contributed by atoms with Gasteiger partial charge in [-0.15, -0.1) is 0 Å². The fraction of sp³-hybridized carbons (Fsp3) is 0.762. The second-order valence-corrected chi connectivity index (χ2v) is 13.7. The van der Waals surface area contributed by atoms with E-state index in [9.17, 15) is 19.8 Å². The lowest BCUT2D eigenvalue weighted by molar-refractivity contribution is -0.152. The van der Waals surface area contributed by atoms with Crippen LogP contribution < -0.4 is 0 Å². The van der Waals surface area contributed by atoms with Gasteiger partial charge in [0.1, 0.15) is 19.3 Å². The summed E-state index contributed by atoms with van der Waals surface area (Å²) in [5.41, 5.74) is 0. The Morgan fingerprint density at radius 3 is 1.62 bits per heavy atom. The number of rotatable bonds is 34. The topological polar surface area (TPSA) is 93.1 Å². The van der Waals surface area contributed by atoms with Crippen molar-refractivity contribution in [3.63, 3.8) is 0 Å². The van der Waals surface area contributed by atoms with Crippen molar-refractivity contribution in [2.45, 2.75) is 187 Å². The molecule has 0 aromatic heterocycles. The minimum Gasteiger partial charge on any atom is -0.463 e. The Hall–Kier alpha value is -2.18. The molecule has 48 heavy (non-hydrogen) atoms. The highest BCUT2D eigenvalue weighted by Crippen LogP contribution is 2.15. The van der Waals surface area contributed by atoms with Crippen LogP contribution in [0.2, 0.25) is 0 Å². The van der Waals surface area contributed by atoms with Gasteiger partial charge in [-0.1, -0.05) is 166 Å². The van der Waals surface area contributed by atoms with Crippen LogP contribution in [0.4, 0.5) is 0 Å². The van der Waals surface area contributed by atoms with Crippen molar-refractivity contribution < 1.29 is 29.3 Å². The van der Waals surface area contributed by atoms with E-state index >= 15 is 0 Å². The maximum Gasteiger partial charge on any atom is 0.305 e. The quantitative estimate of drug-likeness (QED) is 0.0305. The Balaban J connectivity index is 3.62. The summed E-state index contributed by atoms with van der Waals surface area (Å²) in [4.78, 5) is 23.9. The van der Waals surface area contributed by atoms with Crippen LogP contribution in [0.25, 0.3) is 0 Å². The average Bonchev–Trinajstić information content (AvgIpc) is 3.06. The van der Waals surface area contributed by atoms with Crippen molar-refractivity contribution in [1.82, 2.24) is 0 Å². The highest BCUT2D eigenvalue weighted by atomic mass is 16.6. The number of unbranched alkanes of at least 4 members (excludes halogenated alkanes) is 15. The van der Waals surface area contributed by atoms with E-state index in [0.29, 0.717) is 19.3 Å². The molecule has 0 aromatic rings. The van der Waals surface area contributed by atoms with Gasteiger partial charge in [0.2, 0.25) is 0 Å². The first-order chi connectivity index (χ1) is 23.3. The SMILES string of the molecule is CCCCC/C=C\C/C=C\C/C=C\C=C\[C@@H](O)CCCC(=O)OC[C@@H](O)COC(=O)CCCCCCCCCCCCCCCC(C)C. The van der Waals surface area contributed by atoms with Gasteiger partial charge in [-0.2, -0.15) is 0 Å². The summed E-state index contributed by atoms with van der Waals surface area (Å²) in [7, 11) is 0. The molecule has 0 amide bonds. The van der Waals surface area contributed by atoms with Crippen LogP contribution in [0.5, 0.6) is 0 Å². The lowest BCUT2D eigenvalue weighted by atomic mass is 10.0. The van der Waals surface area contributed by atoms with Crippen LogP contribution in [-0.2, 0) is 19.1 Å². The molecule has 0 spiro atoms. The van der Waals surface area contributed by atoms with Crippen LogP contribution in [0, 0.1) is 5.92 Å². The minimum absolute atomic E-state index is 0.157. The maximum atomic E-state index is 12.0. The zero-order chi connectivity index (χ0) is 35.3. The van der Waals surface area contributed by atoms with Gasteiger partial charge in [-0.05, 0) is 50.9 Å². The van der Waals surface area contributed by atoms with E-state index in [-0.39, 0.29) is 25.6 Å². The van der Waals surface area contributed by atoms with Crippen molar-refractivity contribution in [3.05, 3.63) is 48.6 Å². The fourth-order valence-corrected chi connectivity index (χ4v) is 5.31. The Labute approximate surface area is 295 Å². The number of hydrogen-bond donors (Lipinski definition) is 2. The molecule has 6 nitrogen and oxygen atoms in total. The van der Waals surface area contributed by atoms with Gasteiger partial charge in [-0.3, -0.25) is 9.59 Å². The molecule has 0 aromatic carbocycles. The number of allylic oxidation sites excluding steroid dienone is 7. The van der Waals surface area contributed by atoms with E-state index in [4.69, 9.17) is 9.47 Å². The molecule has 0 radical (unpaired) electrons. The zero-order valence-electron chi connectivity index (χ0n) is 31.3. The van der Waals surface area contributed by atoms with Crippen LogP contribution in [-0.4, -0.2) is 47.6 Å². The second-order valence-electron chi connectivity index (χ2n) is 13.7. The summed E-state index contributed by atoms with van der Waals surface area (Å²) < 4.78 is 10.2. The second kappa shape index (κ2) is 36.1. The first-order valence-corrected chi connectivity index (χ1v) is 19.7. The minimum atomic E-state index is -1.04. The number of carbonyl (C=O) groups is 2. The molecule has 0 aliphatic heterocycles. The molecule has 0 saturated heterocycles. The van der Waals surface area contributed by atoms with Gasteiger partial charge in [0.25, 0.3) is 0 Å². The number of hydrogen-bond acceptors (Lipinski definition) is 6. The molecule has 0 rings (SSSR count). The van der Waals surface area contributed by atoms with Gasteiger partial charge in [0.05, 0.1) is 6.10 Å². The predicted octanol–water partition coefficient (Wildman–Crippen LogP) is 11.1. The first kappa shape index (κ1) is 45.8. The smallest absolute Gasteiger partial charge is 0.305 e. The van der Waals surface area contributed by atoms with Gasteiger partial charge in [-0.25, -0.2) is 0 Å². The van der Waals surface area contributed by atoms with Crippen molar-refractivity contribution in [3.8, 4) is 0 Å². The normalized spacial score (nSPS) is 13.5. The summed E-state index contributed by atoms with van der Waals surface area (Å²) >= 11 is 0. The van der Waals surface area contributed by atoms with E-state index in [1.54, 1.807) is 6.08 Å². The van der Waals surface area contributed by atoms with Crippen molar-refractivity contribution in [1.29, 1.82) is 0 Å². The molecule has 0 saturated carbocycles. The van der Waals surface area contributed by atoms with Crippen molar-refractivity contribution in [2.24, 2.45) is 5.92 Å². The number of aliphatic hydroxyl groups is 2. The van der Waals surface area contributed by atoms with E-state index in [0.717, 1.165) is 44.4 Å². The van der Waals surface area contributed by atoms with Crippen LogP contribution in [0.3, 0.4) is 0 Å². The molecule has 2 N–H and O–H groups in total. The lowest BCUT2D eigenvalue weighted by Gasteiger charge is -2.12. The van der Waals surface area contributed by atoms with E-state index in [2.05, 4.69) is 45.1 Å².